The number of amides is 1. The number of ether oxygens (including phenoxy) is 3. The van der Waals surface area contributed by atoms with E-state index in [1.54, 1.807) is 66.7 Å². The van der Waals surface area contributed by atoms with Gasteiger partial charge < -0.3 is 14.2 Å². The van der Waals surface area contributed by atoms with E-state index in [0.29, 0.717) is 47.2 Å². The summed E-state index contributed by atoms with van der Waals surface area (Å²) in [7, 11) is 0. The van der Waals surface area contributed by atoms with Crippen LogP contribution in [-0.4, -0.2) is 24.7 Å². The lowest BCUT2D eigenvalue weighted by Crippen LogP contribution is -2.17. The molecule has 0 spiro atoms. The number of rotatable bonds is 10. The third kappa shape index (κ3) is 7.54. The number of halogens is 1. The zero-order valence-corrected chi connectivity index (χ0v) is 22.2. The van der Waals surface area contributed by atoms with E-state index in [9.17, 15) is 9.59 Å². The second kappa shape index (κ2) is 13.2. The van der Waals surface area contributed by atoms with Gasteiger partial charge in [0.2, 0.25) is 0 Å². The minimum Gasteiger partial charge on any atom is -0.494 e. The van der Waals surface area contributed by atoms with Gasteiger partial charge in [0.15, 0.2) is 0 Å². The summed E-state index contributed by atoms with van der Waals surface area (Å²) >= 11 is 3.41. The third-order valence-electron chi connectivity index (χ3n) is 5.31. The zero-order valence-electron chi connectivity index (χ0n) is 20.6. The van der Waals surface area contributed by atoms with Crippen LogP contribution in [0.2, 0.25) is 0 Å². The van der Waals surface area contributed by atoms with Crippen molar-refractivity contribution in [1.29, 1.82) is 0 Å². The van der Waals surface area contributed by atoms with E-state index in [1.807, 2.05) is 37.3 Å². The topological polar surface area (TPSA) is 86.2 Å². The minimum atomic E-state index is -0.524. The quantitative estimate of drug-likeness (QED) is 0.103. The van der Waals surface area contributed by atoms with Gasteiger partial charge in [-0.3, -0.25) is 4.79 Å². The van der Waals surface area contributed by atoms with Crippen molar-refractivity contribution in [2.24, 2.45) is 5.10 Å². The Balaban J connectivity index is 1.36. The lowest BCUT2D eigenvalue weighted by Gasteiger charge is -2.09. The smallest absolute Gasteiger partial charge is 0.343 e. The van der Waals surface area contributed by atoms with E-state index in [-0.39, 0.29) is 0 Å². The number of benzene rings is 4. The molecule has 8 heteroatoms. The van der Waals surface area contributed by atoms with Crippen molar-refractivity contribution in [1.82, 2.24) is 5.43 Å². The van der Waals surface area contributed by atoms with Crippen LogP contribution in [0.4, 0.5) is 0 Å². The fourth-order valence-electron chi connectivity index (χ4n) is 3.39. The van der Waals surface area contributed by atoms with E-state index >= 15 is 0 Å². The first-order valence-corrected chi connectivity index (χ1v) is 12.7. The molecule has 0 aliphatic carbocycles. The number of nitrogens with one attached hydrogen (secondary N) is 1. The average molecular weight is 573 g/mol. The number of carbonyl (C=O) groups excluding carboxylic acids is 2. The van der Waals surface area contributed by atoms with Crippen LogP contribution in [-0.2, 0) is 6.61 Å². The third-order valence-corrected chi connectivity index (χ3v) is 5.80. The Bertz CT molecular complexity index is 1410. The second-order valence-electron chi connectivity index (χ2n) is 8.03. The van der Waals surface area contributed by atoms with Gasteiger partial charge in [0, 0.05) is 15.6 Å². The molecule has 0 heterocycles. The average Bonchev–Trinajstić information content (AvgIpc) is 2.94. The second-order valence-corrected chi connectivity index (χ2v) is 8.94. The highest BCUT2D eigenvalue weighted by molar-refractivity contribution is 9.10. The van der Waals surface area contributed by atoms with E-state index in [2.05, 4.69) is 26.5 Å². The summed E-state index contributed by atoms with van der Waals surface area (Å²) in [6, 6.07) is 28.4. The molecule has 0 aliphatic heterocycles. The number of carbonyl (C=O) groups is 2. The lowest BCUT2D eigenvalue weighted by molar-refractivity contribution is 0.0734. The normalized spacial score (nSPS) is 10.7. The highest BCUT2D eigenvalue weighted by Gasteiger charge is 2.12. The molecule has 0 saturated carbocycles. The molecule has 7 nitrogen and oxygen atoms in total. The molecule has 0 saturated heterocycles. The molecule has 0 fully saturated rings. The maximum atomic E-state index is 12.6. The molecule has 4 aromatic rings. The molecule has 0 atom stereocenters. The molecule has 0 radical (unpaired) electrons. The molecule has 38 heavy (non-hydrogen) atoms. The molecular weight excluding hydrogens is 548 g/mol. The summed E-state index contributed by atoms with van der Waals surface area (Å²) in [5, 5.41) is 4.05. The van der Waals surface area contributed by atoms with Gasteiger partial charge in [-0.2, -0.15) is 5.10 Å². The maximum Gasteiger partial charge on any atom is 0.343 e. The van der Waals surface area contributed by atoms with Gasteiger partial charge in [-0.15, -0.1) is 0 Å². The fourth-order valence-corrected chi connectivity index (χ4v) is 3.77. The molecular formula is C30H25BrN2O5. The Kier molecular flexibility index (Phi) is 9.26. The van der Waals surface area contributed by atoms with Gasteiger partial charge in [-0.1, -0.05) is 46.3 Å². The highest BCUT2D eigenvalue weighted by atomic mass is 79.9. The summed E-state index contributed by atoms with van der Waals surface area (Å²) in [5.41, 5.74) is 4.85. The van der Waals surface area contributed by atoms with Crippen LogP contribution in [0, 0.1) is 0 Å². The molecule has 0 unspecified atom stereocenters. The molecule has 1 N–H and O–H groups in total. The van der Waals surface area contributed by atoms with E-state index in [0.717, 1.165) is 10.0 Å². The van der Waals surface area contributed by atoms with Crippen LogP contribution < -0.4 is 19.6 Å². The van der Waals surface area contributed by atoms with Crippen molar-refractivity contribution < 1.29 is 23.8 Å². The maximum absolute atomic E-state index is 12.6. The van der Waals surface area contributed by atoms with E-state index in [4.69, 9.17) is 14.2 Å². The number of hydrogen-bond donors (Lipinski definition) is 1. The number of nitrogens with zero attached hydrogens (tertiary/aromatic N) is 1. The van der Waals surface area contributed by atoms with Crippen LogP contribution in [0.25, 0.3) is 0 Å². The Hall–Kier alpha value is -4.43. The van der Waals surface area contributed by atoms with Crippen molar-refractivity contribution in [2.75, 3.05) is 6.61 Å². The molecule has 4 aromatic carbocycles. The number of hydrazone groups is 1. The Labute approximate surface area is 229 Å². The summed E-state index contributed by atoms with van der Waals surface area (Å²) < 4.78 is 17.5. The predicted octanol–water partition coefficient (Wildman–Crippen LogP) is 6.41. The Morgan fingerprint density at radius 3 is 2.18 bits per heavy atom. The summed E-state index contributed by atoms with van der Waals surface area (Å²) in [6.07, 6.45) is 1.42. The molecule has 0 bridgehead atoms. The molecule has 0 aliphatic rings. The Morgan fingerprint density at radius 2 is 1.50 bits per heavy atom. The van der Waals surface area contributed by atoms with Crippen LogP contribution in [0.5, 0.6) is 17.2 Å². The predicted molar refractivity (Wildman–Crippen MR) is 149 cm³/mol. The van der Waals surface area contributed by atoms with Crippen molar-refractivity contribution >= 4 is 34.0 Å². The van der Waals surface area contributed by atoms with Gasteiger partial charge in [-0.05, 0) is 79.2 Å². The first-order valence-electron chi connectivity index (χ1n) is 11.9. The summed E-state index contributed by atoms with van der Waals surface area (Å²) in [4.78, 5) is 25.2. The lowest BCUT2D eigenvalue weighted by atomic mass is 10.2. The van der Waals surface area contributed by atoms with Crippen LogP contribution in [0.1, 0.15) is 38.8 Å². The minimum absolute atomic E-state index is 0.296. The monoisotopic (exact) mass is 572 g/mol. The van der Waals surface area contributed by atoms with Gasteiger partial charge in [0.1, 0.15) is 23.9 Å². The van der Waals surface area contributed by atoms with Crippen molar-refractivity contribution in [3.8, 4) is 17.2 Å². The van der Waals surface area contributed by atoms with Crippen molar-refractivity contribution in [3.05, 3.63) is 124 Å². The SMILES string of the molecule is CCOc1ccc(C(=O)Oc2ccc(Br)cc2C=NNC(=O)c2ccc(OCc3ccccc3)cc2)cc1. The van der Waals surface area contributed by atoms with Gasteiger partial charge in [0.25, 0.3) is 5.91 Å². The number of hydrogen-bond acceptors (Lipinski definition) is 6. The van der Waals surface area contributed by atoms with Crippen molar-refractivity contribution in [3.63, 3.8) is 0 Å². The zero-order chi connectivity index (χ0) is 26.7. The van der Waals surface area contributed by atoms with Crippen LogP contribution in [0.15, 0.2) is 107 Å². The number of esters is 1. The molecule has 0 aromatic heterocycles. The van der Waals surface area contributed by atoms with Gasteiger partial charge in [-0.25, -0.2) is 10.2 Å². The van der Waals surface area contributed by atoms with Crippen LogP contribution >= 0.6 is 15.9 Å². The van der Waals surface area contributed by atoms with E-state index < -0.39 is 11.9 Å². The van der Waals surface area contributed by atoms with E-state index in [1.165, 1.54) is 6.21 Å². The Morgan fingerprint density at radius 1 is 0.842 bits per heavy atom. The largest absolute Gasteiger partial charge is 0.494 e. The first kappa shape index (κ1) is 26.6. The van der Waals surface area contributed by atoms with Crippen molar-refractivity contribution in [2.45, 2.75) is 13.5 Å². The van der Waals surface area contributed by atoms with Gasteiger partial charge in [0.05, 0.1) is 18.4 Å². The first-order chi connectivity index (χ1) is 18.5. The van der Waals surface area contributed by atoms with Gasteiger partial charge >= 0.3 is 5.97 Å². The standard InChI is InChI=1S/C30H25BrN2O5/c1-2-36-26-15-10-23(11-16-26)30(35)38-28-17-12-25(31)18-24(28)19-32-33-29(34)22-8-13-27(14-9-22)37-20-21-6-4-3-5-7-21/h3-19H,2,20H2,1H3,(H,33,34). The fraction of sp³-hybridized carbons (Fsp3) is 0.100. The summed E-state index contributed by atoms with van der Waals surface area (Å²) in [6.45, 7) is 2.87. The molecule has 4 rings (SSSR count). The molecule has 1 amide bonds. The summed E-state index contributed by atoms with van der Waals surface area (Å²) in [5.74, 6) is 0.708. The highest BCUT2D eigenvalue weighted by Crippen LogP contribution is 2.23. The molecule has 192 valence electrons. The van der Waals surface area contributed by atoms with Crippen LogP contribution in [0.3, 0.4) is 0 Å².